The third kappa shape index (κ3) is 1.78. The fourth-order valence-electron chi connectivity index (χ4n) is 2.00. The van der Waals surface area contributed by atoms with Gasteiger partial charge in [-0.3, -0.25) is 0 Å². The van der Waals surface area contributed by atoms with E-state index in [1.54, 1.807) is 16.7 Å². The second-order valence-corrected chi connectivity index (χ2v) is 3.76. The quantitative estimate of drug-likeness (QED) is 0.649. The number of aliphatic hydroxyl groups excluding tert-OH is 1. The molecule has 0 radical (unpaired) electrons. The number of aromatic hydroxyl groups is 2. The van der Waals surface area contributed by atoms with Crippen LogP contribution in [-0.4, -0.2) is 21.9 Å². The minimum absolute atomic E-state index is 0.0368. The number of hydrogen-bond acceptors (Lipinski definition) is 3. The van der Waals surface area contributed by atoms with Crippen LogP contribution in [-0.2, 0) is 13.1 Å². The number of aromatic nitrogens is 2. The van der Waals surface area contributed by atoms with Crippen LogP contribution in [0.3, 0.4) is 0 Å². The molecule has 1 aromatic carbocycles. The second-order valence-electron chi connectivity index (χ2n) is 3.76. The van der Waals surface area contributed by atoms with Gasteiger partial charge in [-0.05, 0) is 13.0 Å². The van der Waals surface area contributed by atoms with E-state index in [-0.39, 0.29) is 25.0 Å². The molecular weight excluding hydrogens is 220 g/mol. The highest BCUT2D eigenvalue weighted by molar-refractivity contribution is 5.79. The fraction of sp³-hybridized carbons (Fsp3) is 0.333. The molecule has 0 atom stereocenters. The standard InChI is InChI=1S/C12H14N2O3/c1-2-13-11(16)9-5-3-4-6-10(9)14(7-8-15)12(13)17/h3-6,15H,2,7-8H2,1H3/p+2. The Bertz CT molecular complexity index is 555. The summed E-state index contributed by atoms with van der Waals surface area (Å²) in [5.41, 5.74) is 0.696. The molecule has 2 rings (SSSR count). The normalized spacial score (nSPS) is 10.9. The van der Waals surface area contributed by atoms with Crippen LogP contribution in [0.25, 0.3) is 10.9 Å². The van der Waals surface area contributed by atoms with E-state index >= 15 is 0 Å². The van der Waals surface area contributed by atoms with Gasteiger partial charge in [0.05, 0.1) is 0 Å². The summed E-state index contributed by atoms with van der Waals surface area (Å²) in [6.45, 7) is 2.49. The van der Waals surface area contributed by atoms with Gasteiger partial charge in [0, 0.05) is 6.07 Å². The Morgan fingerprint density at radius 2 is 1.82 bits per heavy atom. The molecule has 90 valence electrons. The lowest BCUT2D eigenvalue weighted by Crippen LogP contribution is -2.48. The summed E-state index contributed by atoms with van der Waals surface area (Å²) in [5, 5.41) is 29.8. The Balaban J connectivity index is 2.85. The van der Waals surface area contributed by atoms with Crippen molar-refractivity contribution in [1.82, 2.24) is 0 Å². The number of hydrogen-bond donors (Lipinski definition) is 3. The van der Waals surface area contributed by atoms with Crippen molar-refractivity contribution in [3.8, 4) is 11.9 Å². The van der Waals surface area contributed by atoms with E-state index in [0.29, 0.717) is 17.4 Å². The predicted octanol–water partition coefficient (Wildman–Crippen LogP) is -0.162. The van der Waals surface area contributed by atoms with Gasteiger partial charge in [0.15, 0.2) is 18.5 Å². The van der Waals surface area contributed by atoms with Gasteiger partial charge in [0.25, 0.3) is 0 Å². The van der Waals surface area contributed by atoms with Gasteiger partial charge in [-0.25, -0.2) is 0 Å². The number of benzene rings is 1. The molecule has 0 spiro atoms. The highest BCUT2D eigenvalue weighted by Crippen LogP contribution is 2.19. The summed E-state index contributed by atoms with van der Waals surface area (Å²) in [7, 11) is 0. The van der Waals surface area contributed by atoms with Crippen molar-refractivity contribution in [1.29, 1.82) is 0 Å². The molecule has 2 aromatic rings. The Labute approximate surface area is 98.8 Å². The van der Waals surface area contributed by atoms with E-state index in [0.717, 1.165) is 0 Å². The Morgan fingerprint density at radius 3 is 2.47 bits per heavy atom. The molecule has 0 aliphatic carbocycles. The van der Waals surface area contributed by atoms with Crippen LogP contribution in [0, 0.1) is 0 Å². The molecule has 1 heterocycles. The molecule has 0 unspecified atom stereocenters. The smallest absolute Gasteiger partial charge is 0.459 e. The van der Waals surface area contributed by atoms with Crippen LogP contribution < -0.4 is 9.13 Å². The maximum absolute atomic E-state index is 10.1. The third-order valence-electron chi connectivity index (χ3n) is 2.81. The van der Waals surface area contributed by atoms with Crippen molar-refractivity contribution in [2.75, 3.05) is 6.61 Å². The molecule has 5 heteroatoms. The summed E-state index contributed by atoms with van der Waals surface area (Å²) in [6, 6.07) is 7.17. The van der Waals surface area contributed by atoms with Crippen LogP contribution in [0.4, 0.5) is 0 Å². The monoisotopic (exact) mass is 236 g/mol. The number of aliphatic hydroxyl groups is 1. The van der Waals surface area contributed by atoms with Crippen LogP contribution in [0.5, 0.6) is 11.9 Å². The average molecular weight is 236 g/mol. The Kier molecular flexibility index (Phi) is 3.10. The maximum atomic E-state index is 10.1. The zero-order valence-corrected chi connectivity index (χ0v) is 9.67. The van der Waals surface area contributed by atoms with Gasteiger partial charge in [0.2, 0.25) is 5.52 Å². The largest absolute Gasteiger partial charge is 0.632 e. The van der Waals surface area contributed by atoms with Crippen molar-refractivity contribution < 1.29 is 24.5 Å². The highest BCUT2D eigenvalue weighted by atomic mass is 16.3. The lowest BCUT2D eigenvalue weighted by atomic mass is 10.2. The molecular formula is C12H16N2O3+2. The van der Waals surface area contributed by atoms with Crippen LogP contribution >= 0.6 is 0 Å². The first-order valence-corrected chi connectivity index (χ1v) is 5.57. The minimum atomic E-state index is -0.0727. The second kappa shape index (κ2) is 4.55. The van der Waals surface area contributed by atoms with Crippen LogP contribution in [0.2, 0.25) is 0 Å². The van der Waals surface area contributed by atoms with Gasteiger partial charge < -0.3 is 15.3 Å². The molecule has 1 aromatic heterocycles. The summed E-state index contributed by atoms with van der Waals surface area (Å²) in [4.78, 5) is 0. The van der Waals surface area contributed by atoms with Crippen molar-refractivity contribution in [3.05, 3.63) is 24.3 Å². The third-order valence-corrected chi connectivity index (χ3v) is 2.81. The lowest BCUT2D eigenvalue weighted by Gasteiger charge is -2.02. The van der Waals surface area contributed by atoms with E-state index in [4.69, 9.17) is 5.11 Å². The number of rotatable bonds is 3. The van der Waals surface area contributed by atoms with Gasteiger partial charge >= 0.3 is 11.9 Å². The first-order valence-electron chi connectivity index (χ1n) is 5.57. The zero-order chi connectivity index (χ0) is 12.4. The molecule has 0 fully saturated rings. The molecule has 0 saturated heterocycles. The molecule has 0 aliphatic heterocycles. The molecule has 17 heavy (non-hydrogen) atoms. The van der Waals surface area contributed by atoms with E-state index in [2.05, 4.69) is 0 Å². The maximum Gasteiger partial charge on any atom is 0.632 e. The number of para-hydroxylation sites is 1. The van der Waals surface area contributed by atoms with Crippen LogP contribution in [0.15, 0.2) is 24.3 Å². The van der Waals surface area contributed by atoms with E-state index in [1.807, 2.05) is 19.1 Å². The predicted molar refractivity (Wildman–Crippen MR) is 60.4 cm³/mol. The van der Waals surface area contributed by atoms with E-state index in [1.165, 1.54) is 4.57 Å². The van der Waals surface area contributed by atoms with Crippen molar-refractivity contribution in [2.24, 2.45) is 0 Å². The average Bonchev–Trinajstić information content (AvgIpc) is 2.35. The summed E-state index contributed by atoms with van der Waals surface area (Å²) >= 11 is 0. The molecule has 3 N–H and O–H groups in total. The van der Waals surface area contributed by atoms with Crippen molar-refractivity contribution in [3.63, 3.8) is 0 Å². The van der Waals surface area contributed by atoms with Gasteiger partial charge in [-0.15, -0.1) is 0 Å². The number of nitrogens with zero attached hydrogens (tertiary/aromatic N) is 2. The summed E-state index contributed by atoms with van der Waals surface area (Å²) < 4.78 is 2.98. The van der Waals surface area contributed by atoms with Crippen LogP contribution in [0.1, 0.15) is 6.92 Å². The van der Waals surface area contributed by atoms with Gasteiger partial charge in [-0.2, -0.15) is 0 Å². The highest BCUT2D eigenvalue weighted by Gasteiger charge is 2.31. The Morgan fingerprint density at radius 1 is 1.12 bits per heavy atom. The first-order chi connectivity index (χ1) is 8.20. The lowest BCUT2D eigenvalue weighted by molar-refractivity contribution is -0.820. The molecule has 0 saturated carbocycles. The Hall–Kier alpha value is -1.88. The topological polar surface area (TPSA) is 68.5 Å². The molecule has 0 amide bonds. The van der Waals surface area contributed by atoms with Crippen molar-refractivity contribution in [2.45, 2.75) is 20.0 Å². The molecule has 5 nitrogen and oxygen atoms in total. The molecule has 0 aliphatic rings. The summed E-state index contributed by atoms with van der Waals surface area (Å²) in [5.74, 6) is 0.0368. The number of fused-ring (bicyclic) bond motifs is 1. The molecule has 0 bridgehead atoms. The minimum Gasteiger partial charge on any atom is -0.459 e. The van der Waals surface area contributed by atoms with Gasteiger partial charge in [0.1, 0.15) is 6.61 Å². The fourth-order valence-corrected chi connectivity index (χ4v) is 2.00. The first kappa shape index (κ1) is 11.6. The summed E-state index contributed by atoms with van der Waals surface area (Å²) in [6.07, 6.45) is 0. The zero-order valence-electron chi connectivity index (χ0n) is 9.67. The van der Waals surface area contributed by atoms with E-state index < -0.39 is 0 Å². The van der Waals surface area contributed by atoms with E-state index in [9.17, 15) is 10.2 Å². The van der Waals surface area contributed by atoms with Crippen molar-refractivity contribution >= 4 is 10.9 Å². The van der Waals surface area contributed by atoms with Gasteiger partial charge in [-0.1, -0.05) is 21.3 Å². The SMILES string of the molecule is CC[n+]1c(O)c2ccccc2[n+](CCO)c1O.